The zero-order valence-corrected chi connectivity index (χ0v) is 12.1. The number of nitrogens with zero attached hydrogens (tertiary/aromatic N) is 1. The first-order valence-electron chi connectivity index (χ1n) is 6.75. The molecule has 5 heteroatoms. The van der Waals surface area contributed by atoms with Gasteiger partial charge in [-0.2, -0.15) is 0 Å². The van der Waals surface area contributed by atoms with E-state index >= 15 is 0 Å². The minimum Gasteiger partial charge on any atom is -0.496 e. The molecule has 5 nitrogen and oxygen atoms in total. The van der Waals surface area contributed by atoms with Crippen LogP contribution in [0.2, 0.25) is 0 Å². The van der Waals surface area contributed by atoms with Gasteiger partial charge in [-0.25, -0.2) is 0 Å². The summed E-state index contributed by atoms with van der Waals surface area (Å²) in [4.78, 5) is 17.2. The van der Waals surface area contributed by atoms with Crippen molar-refractivity contribution in [3.8, 4) is 5.75 Å². The third-order valence-electron chi connectivity index (χ3n) is 3.06. The molecule has 1 N–H and O–H groups in total. The molecule has 1 amide bonds. The zero-order valence-electron chi connectivity index (χ0n) is 12.1. The van der Waals surface area contributed by atoms with Crippen molar-refractivity contribution in [2.75, 3.05) is 13.7 Å². The predicted molar refractivity (Wildman–Crippen MR) is 76.9 cm³/mol. The molecule has 0 aliphatic carbocycles. The van der Waals surface area contributed by atoms with Crippen LogP contribution in [0.1, 0.15) is 25.8 Å². The van der Waals surface area contributed by atoms with E-state index in [0.29, 0.717) is 18.9 Å². The van der Waals surface area contributed by atoms with Gasteiger partial charge in [0.2, 0.25) is 6.10 Å². The minimum absolute atomic E-state index is 0.118. The van der Waals surface area contributed by atoms with Crippen LogP contribution in [0.5, 0.6) is 5.75 Å². The van der Waals surface area contributed by atoms with Crippen LogP contribution in [0.25, 0.3) is 0 Å². The summed E-state index contributed by atoms with van der Waals surface area (Å²) in [7, 11) is 1.61. The Morgan fingerprint density at radius 2 is 2.25 bits per heavy atom. The molecule has 0 bridgehead atoms. The summed E-state index contributed by atoms with van der Waals surface area (Å²) in [6.07, 6.45) is -0.0849. The molecule has 0 spiro atoms. The van der Waals surface area contributed by atoms with E-state index in [1.807, 2.05) is 38.1 Å². The lowest BCUT2D eigenvalue weighted by molar-refractivity contribution is -0.131. The summed E-state index contributed by atoms with van der Waals surface area (Å²) in [5.41, 5.74) is 1.61. The molecule has 1 aliphatic heterocycles. The first-order valence-corrected chi connectivity index (χ1v) is 6.75. The van der Waals surface area contributed by atoms with Gasteiger partial charge in [0.1, 0.15) is 5.75 Å². The number of hydrogen-bond acceptors (Lipinski definition) is 4. The molecule has 0 saturated carbocycles. The van der Waals surface area contributed by atoms with E-state index in [0.717, 1.165) is 17.0 Å². The Balaban J connectivity index is 1.99. The smallest absolute Gasteiger partial charge is 0.264 e. The van der Waals surface area contributed by atoms with E-state index in [9.17, 15) is 4.79 Å². The van der Waals surface area contributed by atoms with Crippen LogP contribution in [0.3, 0.4) is 0 Å². The first-order chi connectivity index (χ1) is 9.61. The number of ether oxygens (including phenoxy) is 1. The van der Waals surface area contributed by atoms with Gasteiger partial charge in [-0.1, -0.05) is 31.1 Å². The van der Waals surface area contributed by atoms with Gasteiger partial charge in [0.15, 0.2) is 0 Å². The molecular formula is C15H20N2O3. The molecule has 0 fully saturated rings. The summed E-state index contributed by atoms with van der Waals surface area (Å²) in [6, 6.07) is 7.58. The number of hydrogen-bond donors (Lipinski definition) is 1. The maximum atomic E-state index is 11.9. The number of oxime groups is 1. The lowest BCUT2D eigenvalue weighted by atomic mass is 10.0. The van der Waals surface area contributed by atoms with Gasteiger partial charge in [-0.3, -0.25) is 4.79 Å². The second kappa shape index (κ2) is 6.41. The summed E-state index contributed by atoms with van der Waals surface area (Å²) >= 11 is 0. The Morgan fingerprint density at radius 1 is 1.50 bits per heavy atom. The lowest BCUT2D eigenvalue weighted by Crippen LogP contribution is -2.36. The van der Waals surface area contributed by atoms with Crippen LogP contribution in [-0.4, -0.2) is 31.4 Å². The average molecular weight is 276 g/mol. The van der Waals surface area contributed by atoms with Crippen LogP contribution < -0.4 is 10.1 Å². The number of carbonyl (C=O) groups is 1. The molecule has 108 valence electrons. The summed E-state index contributed by atoms with van der Waals surface area (Å²) in [6.45, 7) is 4.74. The fourth-order valence-corrected chi connectivity index (χ4v) is 1.98. The van der Waals surface area contributed by atoms with Crippen LogP contribution in [0.4, 0.5) is 0 Å². The Morgan fingerprint density at radius 3 is 2.95 bits per heavy atom. The number of para-hydroxylation sites is 1. The van der Waals surface area contributed by atoms with E-state index in [-0.39, 0.29) is 5.91 Å². The maximum absolute atomic E-state index is 11.9. The van der Waals surface area contributed by atoms with E-state index in [1.165, 1.54) is 0 Å². The van der Waals surface area contributed by atoms with Gasteiger partial charge < -0.3 is 14.9 Å². The van der Waals surface area contributed by atoms with Gasteiger partial charge in [0, 0.05) is 18.5 Å². The summed E-state index contributed by atoms with van der Waals surface area (Å²) in [5.74, 6) is 1.03. The maximum Gasteiger partial charge on any atom is 0.264 e. The highest BCUT2D eigenvalue weighted by Gasteiger charge is 2.29. The molecule has 0 saturated heterocycles. The molecule has 1 heterocycles. The Bertz CT molecular complexity index is 512. The van der Waals surface area contributed by atoms with Crippen LogP contribution in [0.15, 0.2) is 29.4 Å². The fourth-order valence-electron chi connectivity index (χ4n) is 1.98. The normalized spacial score (nSPS) is 17.6. The molecule has 1 aromatic carbocycles. The highest BCUT2D eigenvalue weighted by molar-refractivity contribution is 6.05. The van der Waals surface area contributed by atoms with Crippen molar-refractivity contribution in [3.63, 3.8) is 0 Å². The van der Waals surface area contributed by atoms with Crippen molar-refractivity contribution in [1.82, 2.24) is 5.32 Å². The van der Waals surface area contributed by atoms with Crippen molar-refractivity contribution in [3.05, 3.63) is 29.8 Å². The molecule has 2 rings (SSSR count). The minimum atomic E-state index is -0.548. The van der Waals surface area contributed by atoms with Gasteiger partial charge in [0.05, 0.1) is 12.8 Å². The monoisotopic (exact) mass is 276 g/mol. The van der Waals surface area contributed by atoms with E-state index in [4.69, 9.17) is 9.57 Å². The second-order valence-electron chi connectivity index (χ2n) is 5.18. The molecule has 1 atom stereocenters. The van der Waals surface area contributed by atoms with Crippen LogP contribution in [0, 0.1) is 5.92 Å². The number of rotatable bonds is 5. The Kier molecular flexibility index (Phi) is 4.61. The number of amides is 1. The van der Waals surface area contributed by atoms with E-state index in [1.54, 1.807) is 7.11 Å². The number of nitrogens with one attached hydrogen (secondary N) is 1. The number of benzene rings is 1. The fraction of sp³-hybridized carbons (Fsp3) is 0.467. The molecule has 1 aliphatic rings. The van der Waals surface area contributed by atoms with Gasteiger partial charge in [-0.15, -0.1) is 0 Å². The quantitative estimate of drug-likeness (QED) is 0.894. The van der Waals surface area contributed by atoms with Crippen molar-refractivity contribution in [2.45, 2.75) is 26.4 Å². The van der Waals surface area contributed by atoms with Gasteiger partial charge in [-0.05, 0) is 18.1 Å². The van der Waals surface area contributed by atoms with Crippen LogP contribution >= 0.6 is 0 Å². The Hall–Kier alpha value is -2.04. The van der Waals surface area contributed by atoms with E-state index in [2.05, 4.69) is 10.5 Å². The molecule has 20 heavy (non-hydrogen) atoms. The van der Waals surface area contributed by atoms with Crippen molar-refractivity contribution < 1.29 is 14.4 Å². The SMILES string of the molecule is COc1ccccc1C1=NOC(C(=O)NCC(C)C)C1. The highest BCUT2D eigenvalue weighted by atomic mass is 16.6. The lowest BCUT2D eigenvalue weighted by Gasteiger charge is -2.11. The molecule has 1 aromatic rings. The first kappa shape index (κ1) is 14.4. The standard InChI is InChI=1S/C15H20N2O3/c1-10(2)9-16-15(18)14-8-12(17-20-14)11-6-4-5-7-13(11)19-3/h4-7,10,14H,8-9H2,1-3H3,(H,16,18). The zero-order chi connectivity index (χ0) is 14.5. The number of methoxy groups -OCH3 is 1. The third kappa shape index (κ3) is 3.29. The number of carbonyl (C=O) groups excluding carboxylic acids is 1. The van der Waals surface area contributed by atoms with Crippen LogP contribution in [-0.2, 0) is 9.63 Å². The Labute approximate surface area is 118 Å². The van der Waals surface area contributed by atoms with Gasteiger partial charge in [0.25, 0.3) is 5.91 Å². The average Bonchev–Trinajstić information content (AvgIpc) is 2.94. The van der Waals surface area contributed by atoms with E-state index < -0.39 is 6.10 Å². The van der Waals surface area contributed by atoms with Crippen molar-refractivity contribution >= 4 is 11.6 Å². The summed E-state index contributed by atoms with van der Waals surface area (Å²) < 4.78 is 5.30. The largest absolute Gasteiger partial charge is 0.496 e. The van der Waals surface area contributed by atoms with Gasteiger partial charge >= 0.3 is 0 Å². The molecule has 0 radical (unpaired) electrons. The second-order valence-corrected chi connectivity index (χ2v) is 5.18. The summed E-state index contributed by atoms with van der Waals surface area (Å²) in [5, 5.41) is 6.88. The third-order valence-corrected chi connectivity index (χ3v) is 3.06. The predicted octanol–water partition coefficient (Wildman–Crippen LogP) is 1.96. The highest BCUT2D eigenvalue weighted by Crippen LogP contribution is 2.24. The topological polar surface area (TPSA) is 59.9 Å². The molecule has 1 unspecified atom stereocenters. The van der Waals surface area contributed by atoms with Crippen molar-refractivity contribution in [1.29, 1.82) is 0 Å². The van der Waals surface area contributed by atoms with Crippen molar-refractivity contribution in [2.24, 2.45) is 11.1 Å². The molecule has 0 aromatic heterocycles. The molecular weight excluding hydrogens is 256 g/mol.